The molecule has 6 nitrogen and oxygen atoms in total. The summed E-state index contributed by atoms with van der Waals surface area (Å²) in [6.07, 6.45) is 0. The predicted octanol–water partition coefficient (Wildman–Crippen LogP) is 1.16. The van der Waals surface area contributed by atoms with E-state index >= 15 is 0 Å². The van der Waals surface area contributed by atoms with Crippen molar-refractivity contribution in [2.45, 2.75) is 17.9 Å². The van der Waals surface area contributed by atoms with Gasteiger partial charge in [0.2, 0.25) is 10.0 Å². The van der Waals surface area contributed by atoms with Gasteiger partial charge in [-0.1, -0.05) is 11.6 Å². The van der Waals surface area contributed by atoms with Gasteiger partial charge in [-0.25, -0.2) is 13.1 Å². The lowest BCUT2D eigenvalue weighted by molar-refractivity contribution is 0.171. The first-order valence-corrected chi connectivity index (χ1v) is 7.61. The Labute approximate surface area is 129 Å². The molecule has 0 spiro atoms. The second-order valence-electron chi connectivity index (χ2n) is 4.18. The van der Waals surface area contributed by atoms with Crippen molar-refractivity contribution in [3.05, 3.63) is 17.2 Å². The number of nitrogens with one attached hydrogen (secondary N) is 1. The van der Waals surface area contributed by atoms with E-state index in [1.807, 2.05) is 0 Å². The second kappa shape index (κ2) is 6.82. The van der Waals surface area contributed by atoms with Crippen LogP contribution in [0.15, 0.2) is 17.0 Å². The molecule has 1 aliphatic heterocycles. The Bertz CT molecular complexity index is 580. The van der Waals surface area contributed by atoms with Crippen molar-refractivity contribution in [3.63, 3.8) is 0 Å². The molecule has 2 rings (SSSR count). The van der Waals surface area contributed by atoms with Crippen molar-refractivity contribution in [2.75, 3.05) is 19.8 Å². The molecule has 114 valence electrons. The molecule has 1 heterocycles. The molecule has 0 radical (unpaired) electrons. The summed E-state index contributed by atoms with van der Waals surface area (Å²) in [7, 11) is -3.73. The van der Waals surface area contributed by atoms with Crippen molar-refractivity contribution in [2.24, 2.45) is 5.73 Å². The quantitative estimate of drug-likeness (QED) is 0.856. The average molecular weight is 343 g/mol. The highest BCUT2D eigenvalue weighted by molar-refractivity contribution is 7.89. The number of fused-ring (bicyclic) bond motifs is 1. The average Bonchev–Trinajstić information content (AvgIpc) is 2.37. The predicted molar refractivity (Wildman–Crippen MR) is 78.5 cm³/mol. The zero-order chi connectivity index (χ0) is 14.0. The molecule has 3 N–H and O–H groups in total. The van der Waals surface area contributed by atoms with Gasteiger partial charge >= 0.3 is 0 Å². The molecule has 1 aromatic rings. The van der Waals surface area contributed by atoms with E-state index in [1.54, 1.807) is 6.92 Å². The first-order valence-electron chi connectivity index (χ1n) is 5.75. The van der Waals surface area contributed by atoms with E-state index in [1.165, 1.54) is 12.1 Å². The van der Waals surface area contributed by atoms with E-state index in [9.17, 15) is 8.42 Å². The summed E-state index contributed by atoms with van der Waals surface area (Å²) in [4.78, 5) is -0.0429. The Morgan fingerprint density at radius 3 is 2.45 bits per heavy atom. The van der Waals surface area contributed by atoms with Gasteiger partial charge in [-0.05, 0) is 6.92 Å². The van der Waals surface area contributed by atoms with E-state index in [-0.39, 0.29) is 34.9 Å². The first kappa shape index (κ1) is 17.3. The molecule has 0 bridgehead atoms. The van der Waals surface area contributed by atoms with E-state index in [2.05, 4.69) is 4.72 Å². The van der Waals surface area contributed by atoms with Crippen molar-refractivity contribution in [1.82, 2.24) is 4.72 Å². The summed E-state index contributed by atoms with van der Waals surface area (Å²) in [6, 6.07) is 2.43. The molecule has 1 atom stereocenters. The lowest BCUT2D eigenvalue weighted by Crippen LogP contribution is -2.37. The lowest BCUT2D eigenvalue weighted by Gasteiger charge is -2.20. The van der Waals surface area contributed by atoms with Crippen molar-refractivity contribution in [1.29, 1.82) is 0 Å². The molecule has 1 aromatic carbocycles. The summed E-state index contributed by atoms with van der Waals surface area (Å²) in [5.41, 5.74) is 5.40. The van der Waals surface area contributed by atoms with Gasteiger partial charge in [0.15, 0.2) is 11.5 Å². The molecule has 20 heavy (non-hydrogen) atoms. The molecular weight excluding hydrogens is 327 g/mol. The van der Waals surface area contributed by atoms with Crippen LogP contribution in [0.25, 0.3) is 0 Å². The fraction of sp³-hybridized carbons (Fsp3) is 0.455. The molecule has 0 aliphatic carbocycles. The SMILES string of the molecule is C[C@@H](CN)NS(=O)(=O)c1cc2c(cc1Cl)OCCO2.Cl. The maximum Gasteiger partial charge on any atom is 0.242 e. The van der Waals surface area contributed by atoms with E-state index in [4.69, 9.17) is 26.8 Å². The molecule has 0 saturated heterocycles. The van der Waals surface area contributed by atoms with Gasteiger partial charge < -0.3 is 15.2 Å². The van der Waals surface area contributed by atoms with E-state index < -0.39 is 10.0 Å². The van der Waals surface area contributed by atoms with Gasteiger partial charge in [0.05, 0.1) is 5.02 Å². The van der Waals surface area contributed by atoms with Crippen LogP contribution in [-0.4, -0.2) is 34.2 Å². The van der Waals surface area contributed by atoms with Gasteiger partial charge in [-0.3, -0.25) is 0 Å². The molecular formula is C11H16Cl2N2O4S. The summed E-state index contributed by atoms with van der Waals surface area (Å²) >= 11 is 5.99. The monoisotopic (exact) mass is 342 g/mol. The van der Waals surface area contributed by atoms with Crippen LogP contribution < -0.4 is 19.9 Å². The van der Waals surface area contributed by atoms with Crippen LogP contribution in [0.1, 0.15) is 6.92 Å². The lowest BCUT2D eigenvalue weighted by atomic mass is 10.3. The molecule has 0 aromatic heterocycles. The van der Waals surface area contributed by atoms with Crippen LogP contribution in [0, 0.1) is 0 Å². The van der Waals surface area contributed by atoms with Crippen LogP contribution in [0.5, 0.6) is 11.5 Å². The Morgan fingerprint density at radius 1 is 1.35 bits per heavy atom. The largest absolute Gasteiger partial charge is 0.486 e. The minimum absolute atomic E-state index is 0. The number of ether oxygens (including phenoxy) is 2. The van der Waals surface area contributed by atoms with Crippen LogP contribution >= 0.6 is 24.0 Å². The fourth-order valence-corrected chi connectivity index (χ4v) is 3.42. The highest BCUT2D eigenvalue weighted by Gasteiger charge is 2.24. The van der Waals surface area contributed by atoms with Gasteiger partial charge in [-0.15, -0.1) is 12.4 Å². The number of halogens is 2. The molecule has 1 aliphatic rings. The molecule has 0 unspecified atom stereocenters. The zero-order valence-electron chi connectivity index (χ0n) is 10.8. The highest BCUT2D eigenvalue weighted by atomic mass is 35.5. The van der Waals surface area contributed by atoms with Crippen molar-refractivity contribution >= 4 is 34.0 Å². The van der Waals surface area contributed by atoms with Gasteiger partial charge in [0, 0.05) is 24.7 Å². The number of hydrogen-bond acceptors (Lipinski definition) is 5. The molecule has 0 fully saturated rings. The Morgan fingerprint density at radius 2 is 1.90 bits per heavy atom. The first-order chi connectivity index (χ1) is 8.94. The summed E-state index contributed by atoms with van der Waals surface area (Å²) in [5, 5.41) is 0.0842. The number of hydrogen-bond donors (Lipinski definition) is 2. The third-order valence-corrected chi connectivity index (χ3v) is 4.65. The molecule has 9 heteroatoms. The topological polar surface area (TPSA) is 90.7 Å². The smallest absolute Gasteiger partial charge is 0.242 e. The minimum atomic E-state index is -3.73. The number of rotatable bonds is 4. The normalized spacial score (nSPS) is 15.3. The fourth-order valence-electron chi connectivity index (χ4n) is 1.63. The number of nitrogens with two attached hydrogens (primary N) is 1. The minimum Gasteiger partial charge on any atom is -0.486 e. The number of sulfonamides is 1. The Kier molecular flexibility index (Phi) is 5.91. The third kappa shape index (κ3) is 3.67. The Balaban J connectivity index is 0.00000200. The maximum atomic E-state index is 12.2. The zero-order valence-corrected chi connectivity index (χ0v) is 13.1. The van der Waals surface area contributed by atoms with Gasteiger partial charge in [0.25, 0.3) is 0 Å². The summed E-state index contributed by atoms with van der Waals surface area (Å²) in [6.45, 7) is 2.66. The van der Waals surface area contributed by atoms with E-state index in [0.29, 0.717) is 24.7 Å². The van der Waals surface area contributed by atoms with Crippen LogP contribution in [-0.2, 0) is 10.0 Å². The van der Waals surface area contributed by atoms with Crippen LogP contribution in [0.2, 0.25) is 5.02 Å². The third-order valence-electron chi connectivity index (χ3n) is 2.60. The van der Waals surface area contributed by atoms with Crippen LogP contribution in [0.4, 0.5) is 0 Å². The maximum absolute atomic E-state index is 12.2. The van der Waals surface area contributed by atoms with Crippen molar-refractivity contribution < 1.29 is 17.9 Å². The van der Waals surface area contributed by atoms with Gasteiger partial charge in [0.1, 0.15) is 18.1 Å². The molecule has 0 amide bonds. The Hall–Kier alpha value is -0.730. The van der Waals surface area contributed by atoms with E-state index in [0.717, 1.165) is 0 Å². The van der Waals surface area contributed by atoms with Crippen molar-refractivity contribution in [3.8, 4) is 11.5 Å². The van der Waals surface area contributed by atoms with Crippen LogP contribution in [0.3, 0.4) is 0 Å². The van der Waals surface area contributed by atoms with Gasteiger partial charge in [-0.2, -0.15) is 0 Å². The second-order valence-corrected chi connectivity index (χ2v) is 6.27. The summed E-state index contributed by atoms with van der Waals surface area (Å²) < 4.78 is 37.4. The summed E-state index contributed by atoms with van der Waals surface area (Å²) in [5.74, 6) is 0.818. The number of benzene rings is 1. The molecule has 0 saturated carbocycles. The highest BCUT2D eigenvalue weighted by Crippen LogP contribution is 2.37. The standard InChI is InChI=1S/C11H15ClN2O4S.ClH/c1-7(6-13)14-19(15,16)11-5-10-9(4-8(11)12)17-2-3-18-10;/h4-5,7,14H,2-3,6,13H2,1H3;1H/t7-;/m0./s1.